The van der Waals surface area contributed by atoms with E-state index in [2.05, 4.69) is 17.1 Å². The van der Waals surface area contributed by atoms with Gasteiger partial charge in [-0.05, 0) is 30.3 Å². The van der Waals surface area contributed by atoms with Crippen LogP contribution in [0, 0.1) is 22.7 Å². The fourth-order valence-electron chi connectivity index (χ4n) is 1.80. The Kier molecular flexibility index (Phi) is 2.72. The van der Waals surface area contributed by atoms with Crippen LogP contribution in [-0.4, -0.2) is 4.98 Å². The fraction of sp³-hybridized carbons (Fsp3) is 0. The lowest BCUT2D eigenvalue weighted by molar-refractivity contribution is 1.45. The number of hydrogen-bond acceptors (Lipinski definition) is 4. The molecule has 0 bridgehead atoms. The molecule has 0 spiro atoms. The molecular formula is C15H7N3S. The van der Waals surface area contributed by atoms with Crippen molar-refractivity contribution >= 4 is 21.6 Å². The van der Waals surface area contributed by atoms with Crippen LogP contribution >= 0.6 is 11.3 Å². The first-order valence-electron chi connectivity index (χ1n) is 5.61. The Balaban J connectivity index is 2.10. The number of aromatic nitrogens is 1. The SMILES string of the molecule is N#Cc1ccc(-c2nc3ccc(C#N)cc3s2)cc1. The molecule has 0 atom stereocenters. The quantitative estimate of drug-likeness (QED) is 0.671. The number of nitrogens with zero attached hydrogens (tertiary/aromatic N) is 3. The van der Waals surface area contributed by atoms with Gasteiger partial charge in [0.2, 0.25) is 0 Å². The first-order valence-corrected chi connectivity index (χ1v) is 6.43. The van der Waals surface area contributed by atoms with Gasteiger partial charge in [-0.1, -0.05) is 12.1 Å². The third-order valence-corrected chi connectivity index (χ3v) is 3.85. The standard InChI is InChI=1S/C15H7N3S/c16-8-10-1-4-12(5-2-10)15-18-13-6-3-11(9-17)7-14(13)19-15/h1-7H. The summed E-state index contributed by atoms with van der Waals surface area (Å²) in [6.45, 7) is 0. The maximum Gasteiger partial charge on any atom is 0.124 e. The summed E-state index contributed by atoms with van der Waals surface area (Å²) in [5, 5.41) is 18.6. The average molecular weight is 261 g/mol. The lowest BCUT2D eigenvalue weighted by Crippen LogP contribution is -1.77. The van der Waals surface area contributed by atoms with Crippen molar-refractivity contribution in [2.75, 3.05) is 0 Å². The summed E-state index contributed by atoms with van der Waals surface area (Å²) in [7, 11) is 0. The molecule has 1 heterocycles. The molecule has 0 fully saturated rings. The highest BCUT2D eigenvalue weighted by Crippen LogP contribution is 2.30. The Morgan fingerprint density at radius 1 is 0.895 bits per heavy atom. The van der Waals surface area contributed by atoms with Crippen LogP contribution in [0.2, 0.25) is 0 Å². The highest BCUT2D eigenvalue weighted by atomic mass is 32.1. The molecule has 0 saturated heterocycles. The number of thiazole rings is 1. The van der Waals surface area contributed by atoms with Crippen LogP contribution in [-0.2, 0) is 0 Å². The van der Waals surface area contributed by atoms with E-state index >= 15 is 0 Å². The van der Waals surface area contributed by atoms with E-state index in [-0.39, 0.29) is 0 Å². The van der Waals surface area contributed by atoms with Crippen molar-refractivity contribution in [2.45, 2.75) is 0 Å². The molecule has 3 aromatic rings. The second kappa shape index (κ2) is 4.53. The molecule has 1 aromatic heterocycles. The summed E-state index contributed by atoms with van der Waals surface area (Å²) in [4.78, 5) is 4.54. The molecule has 88 valence electrons. The maximum absolute atomic E-state index is 8.88. The van der Waals surface area contributed by atoms with Gasteiger partial charge in [-0.3, -0.25) is 0 Å². The summed E-state index contributed by atoms with van der Waals surface area (Å²) in [5.41, 5.74) is 3.15. The Morgan fingerprint density at radius 2 is 1.58 bits per heavy atom. The molecule has 0 N–H and O–H groups in total. The van der Waals surface area contributed by atoms with Gasteiger partial charge in [0.15, 0.2) is 0 Å². The topological polar surface area (TPSA) is 60.5 Å². The molecule has 4 heteroatoms. The van der Waals surface area contributed by atoms with Gasteiger partial charge < -0.3 is 0 Å². The molecule has 0 unspecified atom stereocenters. The lowest BCUT2D eigenvalue weighted by Gasteiger charge is -1.94. The summed E-state index contributed by atoms with van der Waals surface area (Å²) in [5.74, 6) is 0. The van der Waals surface area contributed by atoms with Gasteiger partial charge >= 0.3 is 0 Å². The third-order valence-electron chi connectivity index (χ3n) is 2.78. The normalized spacial score (nSPS) is 10.0. The van der Waals surface area contributed by atoms with Gasteiger partial charge in [-0.15, -0.1) is 11.3 Å². The van der Waals surface area contributed by atoms with Gasteiger partial charge in [0.1, 0.15) is 5.01 Å². The lowest BCUT2D eigenvalue weighted by atomic mass is 10.1. The van der Waals surface area contributed by atoms with Crippen LogP contribution in [0.15, 0.2) is 42.5 Å². The van der Waals surface area contributed by atoms with Crippen molar-refractivity contribution in [1.82, 2.24) is 4.98 Å². The average Bonchev–Trinajstić information content (AvgIpc) is 2.90. The van der Waals surface area contributed by atoms with E-state index < -0.39 is 0 Å². The maximum atomic E-state index is 8.88. The van der Waals surface area contributed by atoms with Crippen molar-refractivity contribution in [1.29, 1.82) is 10.5 Å². The van der Waals surface area contributed by atoms with Gasteiger partial charge in [0.25, 0.3) is 0 Å². The predicted molar refractivity (Wildman–Crippen MR) is 74.5 cm³/mol. The molecule has 0 aliphatic heterocycles. The minimum absolute atomic E-state index is 0.636. The van der Waals surface area contributed by atoms with Crippen LogP contribution < -0.4 is 0 Å². The second-order valence-electron chi connectivity index (χ2n) is 4.00. The molecule has 0 aliphatic rings. The van der Waals surface area contributed by atoms with Crippen LogP contribution in [0.1, 0.15) is 11.1 Å². The number of rotatable bonds is 1. The Labute approximate surface area is 114 Å². The van der Waals surface area contributed by atoms with E-state index in [1.54, 1.807) is 29.5 Å². The van der Waals surface area contributed by atoms with Crippen molar-refractivity contribution in [3.63, 3.8) is 0 Å². The summed E-state index contributed by atoms with van der Waals surface area (Å²) in [6.07, 6.45) is 0. The highest BCUT2D eigenvalue weighted by Gasteiger charge is 2.06. The molecule has 0 radical (unpaired) electrons. The minimum Gasteiger partial charge on any atom is -0.236 e. The molecule has 3 rings (SSSR count). The monoisotopic (exact) mass is 261 g/mol. The predicted octanol–water partition coefficient (Wildman–Crippen LogP) is 3.71. The molecule has 19 heavy (non-hydrogen) atoms. The summed E-state index contributed by atoms with van der Waals surface area (Å²) >= 11 is 1.55. The Hall–Kier alpha value is -2.69. The number of hydrogen-bond donors (Lipinski definition) is 0. The van der Waals surface area contributed by atoms with Crippen molar-refractivity contribution in [3.05, 3.63) is 53.6 Å². The van der Waals surface area contributed by atoms with Crippen molar-refractivity contribution < 1.29 is 0 Å². The number of benzene rings is 2. The summed E-state index contributed by atoms with van der Waals surface area (Å²) < 4.78 is 0.999. The van der Waals surface area contributed by atoms with E-state index in [0.29, 0.717) is 11.1 Å². The van der Waals surface area contributed by atoms with Crippen LogP contribution in [0.4, 0.5) is 0 Å². The first kappa shape index (κ1) is 11.4. The van der Waals surface area contributed by atoms with E-state index in [4.69, 9.17) is 10.5 Å². The van der Waals surface area contributed by atoms with E-state index in [1.807, 2.05) is 24.3 Å². The zero-order chi connectivity index (χ0) is 13.2. The molecule has 0 aliphatic carbocycles. The zero-order valence-corrected chi connectivity index (χ0v) is 10.6. The first-order chi connectivity index (χ1) is 9.30. The molecule has 2 aromatic carbocycles. The van der Waals surface area contributed by atoms with Gasteiger partial charge in [-0.25, -0.2) is 4.98 Å². The molecule has 0 amide bonds. The van der Waals surface area contributed by atoms with Crippen molar-refractivity contribution in [3.8, 4) is 22.7 Å². The van der Waals surface area contributed by atoms with Crippen molar-refractivity contribution in [2.24, 2.45) is 0 Å². The van der Waals surface area contributed by atoms with Crippen LogP contribution in [0.25, 0.3) is 20.8 Å². The Morgan fingerprint density at radius 3 is 2.26 bits per heavy atom. The molecule has 0 saturated carbocycles. The molecule has 3 nitrogen and oxygen atoms in total. The van der Waals surface area contributed by atoms with Crippen LogP contribution in [0.3, 0.4) is 0 Å². The van der Waals surface area contributed by atoms with E-state index in [9.17, 15) is 0 Å². The third kappa shape index (κ3) is 2.06. The Bertz CT molecular complexity index is 832. The summed E-state index contributed by atoms with van der Waals surface area (Å²) in [6, 6.07) is 17.0. The van der Waals surface area contributed by atoms with Crippen LogP contribution in [0.5, 0.6) is 0 Å². The minimum atomic E-state index is 0.636. The fourth-order valence-corrected chi connectivity index (χ4v) is 2.82. The number of fused-ring (bicyclic) bond motifs is 1. The van der Waals surface area contributed by atoms with Gasteiger partial charge in [0.05, 0.1) is 33.5 Å². The second-order valence-corrected chi connectivity index (χ2v) is 5.03. The van der Waals surface area contributed by atoms with E-state index in [1.165, 1.54) is 0 Å². The van der Waals surface area contributed by atoms with Gasteiger partial charge in [-0.2, -0.15) is 10.5 Å². The van der Waals surface area contributed by atoms with E-state index in [0.717, 1.165) is 20.8 Å². The smallest absolute Gasteiger partial charge is 0.124 e. The largest absolute Gasteiger partial charge is 0.236 e. The molecular weight excluding hydrogens is 254 g/mol. The highest BCUT2D eigenvalue weighted by molar-refractivity contribution is 7.21. The van der Waals surface area contributed by atoms with Gasteiger partial charge in [0, 0.05) is 5.56 Å². The number of nitriles is 2. The zero-order valence-electron chi connectivity index (χ0n) is 9.79.